The van der Waals surface area contributed by atoms with E-state index in [1.807, 2.05) is 18.2 Å². The van der Waals surface area contributed by atoms with Crippen LogP contribution in [0.4, 0.5) is 5.82 Å². The Bertz CT molecular complexity index is 1540. The number of rotatable bonds is 3. The molecule has 6 rings (SSSR count). The lowest BCUT2D eigenvalue weighted by molar-refractivity contribution is 0.433. The molecule has 1 aliphatic heterocycles. The Morgan fingerprint density at radius 1 is 1.16 bits per heavy atom. The van der Waals surface area contributed by atoms with Crippen LogP contribution in [-0.2, 0) is 5.54 Å². The Morgan fingerprint density at radius 3 is 2.94 bits per heavy atom. The van der Waals surface area contributed by atoms with Gasteiger partial charge in [0.25, 0.3) is 5.56 Å². The first-order valence-electron chi connectivity index (χ1n) is 10.3. The quantitative estimate of drug-likeness (QED) is 0.456. The molecule has 1 fully saturated rings. The predicted octanol–water partition coefficient (Wildman–Crippen LogP) is 3.32. The van der Waals surface area contributed by atoms with Crippen LogP contribution in [0, 0.1) is 0 Å². The molecule has 0 spiro atoms. The van der Waals surface area contributed by atoms with Gasteiger partial charge in [-0.15, -0.1) is 0 Å². The van der Waals surface area contributed by atoms with Gasteiger partial charge >= 0.3 is 0 Å². The maximum absolute atomic E-state index is 13.6. The third-order valence-electron chi connectivity index (χ3n) is 6.21. The van der Waals surface area contributed by atoms with Gasteiger partial charge in [-0.25, -0.2) is 19.5 Å². The molecule has 0 saturated carbocycles. The van der Waals surface area contributed by atoms with Gasteiger partial charge in [0.2, 0.25) is 0 Å². The van der Waals surface area contributed by atoms with Gasteiger partial charge in [0, 0.05) is 17.8 Å². The Hall–Kier alpha value is -3.72. The fourth-order valence-corrected chi connectivity index (χ4v) is 4.86. The minimum atomic E-state index is -0.611. The molecule has 0 bridgehead atoms. The first-order valence-corrected chi connectivity index (χ1v) is 10.7. The van der Waals surface area contributed by atoms with Gasteiger partial charge in [-0.1, -0.05) is 17.7 Å². The molecule has 0 amide bonds. The van der Waals surface area contributed by atoms with E-state index in [1.54, 1.807) is 39.8 Å². The van der Waals surface area contributed by atoms with Crippen LogP contribution < -0.4 is 10.5 Å². The van der Waals surface area contributed by atoms with E-state index in [4.69, 9.17) is 16.7 Å². The summed E-state index contributed by atoms with van der Waals surface area (Å²) in [6, 6.07) is 10.9. The number of benzene rings is 1. The van der Waals surface area contributed by atoms with E-state index in [9.17, 15) is 4.79 Å². The summed E-state index contributed by atoms with van der Waals surface area (Å²) < 4.78 is 3.31. The second-order valence-electron chi connectivity index (χ2n) is 8.11. The van der Waals surface area contributed by atoms with Gasteiger partial charge in [0.15, 0.2) is 17.3 Å². The number of halogens is 1. The van der Waals surface area contributed by atoms with Gasteiger partial charge < -0.3 is 9.88 Å². The molecule has 1 atom stereocenters. The fraction of sp³-hybridized carbons (Fsp3) is 0.227. The molecule has 4 aromatic heterocycles. The van der Waals surface area contributed by atoms with Gasteiger partial charge in [-0.05, 0) is 50.1 Å². The summed E-state index contributed by atoms with van der Waals surface area (Å²) >= 11 is 6.29. The molecule has 1 aliphatic rings. The lowest BCUT2D eigenvalue weighted by atomic mass is 9.97. The molecule has 32 heavy (non-hydrogen) atoms. The molecular weight excluding hydrogens is 428 g/mol. The summed E-state index contributed by atoms with van der Waals surface area (Å²) in [5.74, 6) is 1.34. The van der Waals surface area contributed by atoms with E-state index in [2.05, 4.69) is 31.8 Å². The topological polar surface area (TPSA) is 97.0 Å². The van der Waals surface area contributed by atoms with Crippen molar-refractivity contribution in [3.05, 3.63) is 76.5 Å². The van der Waals surface area contributed by atoms with Crippen LogP contribution in [0.5, 0.6) is 0 Å². The molecule has 0 aliphatic carbocycles. The predicted molar refractivity (Wildman–Crippen MR) is 121 cm³/mol. The maximum Gasteiger partial charge on any atom is 0.282 e. The molecule has 1 aromatic carbocycles. The van der Waals surface area contributed by atoms with Crippen LogP contribution in [0.25, 0.3) is 22.4 Å². The van der Waals surface area contributed by atoms with Crippen molar-refractivity contribution in [3.63, 3.8) is 0 Å². The molecule has 0 unspecified atom stereocenters. The highest BCUT2D eigenvalue weighted by molar-refractivity contribution is 6.30. The number of nitrogens with zero attached hydrogens (tertiary/aromatic N) is 7. The number of fused-ring (bicyclic) bond motifs is 2. The third kappa shape index (κ3) is 2.67. The number of H-pyrrole nitrogens is 1. The molecule has 160 valence electrons. The lowest BCUT2D eigenvalue weighted by Gasteiger charge is -2.36. The average Bonchev–Trinajstić information content (AvgIpc) is 3.53. The number of nitrogens with one attached hydrogen (secondary N) is 1. The van der Waals surface area contributed by atoms with E-state index in [-0.39, 0.29) is 5.56 Å². The van der Waals surface area contributed by atoms with Crippen molar-refractivity contribution < 1.29 is 0 Å². The smallest absolute Gasteiger partial charge is 0.282 e. The molecule has 1 saturated heterocycles. The first kappa shape index (κ1) is 19.0. The Balaban J connectivity index is 1.64. The zero-order valence-electron chi connectivity index (χ0n) is 17.2. The summed E-state index contributed by atoms with van der Waals surface area (Å²) in [7, 11) is 0. The van der Waals surface area contributed by atoms with Crippen LogP contribution in [0.2, 0.25) is 5.02 Å². The minimum Gasteiger partial charge on any atom is -0.342 e. The molecular formula is C22H19ClN8O. The molecule has 9 nitrogen and oxygen atoms in total. The molecule has 0 radical (unpaired) electrons. The van der Waals surface area contributed by atoms with Crippen LogP contribution in [0.3, 0.4) is 0 Å². The Labute approximate surface area is 187 Å². The maximum atomic E-state index is 13.6. The number of aromatic amines is 1. The second kappa shape index (κ2) is 6.89. The highest BCUT2D eigenvalue weighted by atomic mass is 35.5. The minimum absolute atomic E-state index is 0.150. The van der Waals surface area contributed by atoms with E-state index in [0.29, 0.717) is 33.2 Å². The average molecular weight is 447 g/mol. The normalized spacial score (nSPS) is 18.8. The molecule has 5 heterocycles. The highest BCUT2D eigenvalue weighted by Gasteiger charge is 2.44. The second-order valence-corrected chi connectivity index (χ2v) is 8.54. The lowest BCUT2D eigenvalue weighted by Crippen LogP contribution is -2.45. The fourth-order valence-electron chi connectivity index (χ4n) is 4.67. The van der Waals surface area contributed by atoms with Crippen molar-refractivity contribution in [3.8, 4) is 5.69 Å². The highest BCUT2D eigenvalue weighted by Crippen LogP contribution is 2.42. The third-order valence-corrected chi connectivity index (χ3v) is 6.44. The van der Waals surface area contributed by atoms with Crippen LogP contribution in [0.15, 0.2) is 60.0 Å². The number of hydrogen-bond acceptors (Lipinski definition) is 6. The SMILES string of the molecule is C[C@@]1(c2nn3cccc3c(=O)n2-c2cccc(Cl)c2)CCCN1c1ncnc2[nH]cnc12. The Kier molecular flexibility index (Phi) is 4.09. The molecule has 5 aromatic rings. The summed E-state index contributed by atoms with van der Waals surface area (Å²) in [5.41, 5.74) is 1.78. The Morgan fingerprint density at radius 2 is 2.06 bits per heavy atom. The van der Waals surface area contributed by atoms with Crippen molar-refractivity contribution >= 4 is 34.1 Å². The van der Waals surface area contributed by atoms with Crippen LogP contribution in [0.1, 0.15) is 25.6 Å². The monoisotopic (exact) mass is 446 g/mol. The summed E-state index contributed by atoms with van der Waals surface area (Å²) in [5, 5.41) is 5.48. The van der Waals surface area contributed by atoms with Gasteiger partial charge in [0.1, 0.15) is 17.4 Å². The van der Waals surface area contributed by atoms with Gasteiger partial charge in [-0.3, -0.25) is 9.36 Å². The van der Waals surface area contributed by atoms with E-state index < -0.39 is 5.54 Å². The molecule has 10 heteroatoms. The van der Waals surface area contributed by atoms with Crippen molar-refractivity contribution in [2.45, 2.75) is 25.3 Å². The summed E-state index contributed by atoms with van der Waals surface area (Å²) in [6.07, 6.45) is 6.65. The first-order chi connectivity index (χ1) is 15.6. The zero-order valence-corrected chi connectivity index (χ0v) is 18.0. The van der Waals surface area contributed by atoms with Crippen molar-refractivity contribution in [2.75, 3.05) is 11.4 Å². The van der Waals surface area contributed by atoms with Crippen molar-refractivity contribution in [1.82, 2.24) is 34.1 Å². The summed E-state index contributed by atoms with van der Waals surface area (Å²) in [4.78, 5) is 32.1. The largest absolute Gasteiger partial charge is 0.342 e. The number of imidazole rings is 1. The van der Waals surface area contributed by atoms with E-state index >= 15 is 0 Å². The van der Waals surface area contributed by atoms with E-state index in [1.165, 1.54) is 6.33 Å². The van der Waals surface area contributed by atoms with Gasteiger partial charge in [-0.2, -0.15) is 5.10 Å². The number of aromatic nitrogens is 7. The molecule has 1 N–H and O–H groups in total. The van der Waals surface area contributed by atoms with E-state index in [0.717, 1.165) is 25.2 Å². The number of anilines is 1. The van der Waals surface area contributed by atoms with Crippen LogP contribution in [-0.4, -0.2) is 40.7 Å². The van der Waals surface area contributed by atoms with Crippen molar-refractivity contribution in [2.24, 2.45) is 0 Å². The standard InChI is InChI=1S/C22H19ClN8O/c1-22(8-4-9-29(22)19-17-18(25-12-24-17)26-13-27-19)21-28-30-10-3-7-16(30)20(32)31(21)15-6-2-5-14(23)11-15/h2-3,5-7,10-13H,4,8-9H2,1H3,(H,24,25,26,27)/t22-/m0/s1. The van der Waals surface area contributed by atoms with Crippen molar-refractivity contribution in [1.29, 1.82) is 0 Å². The van der Waals surface area contributed by atoms with Gasteiger partial charge in [0.05, 0.1) is 17.6 Å². The zero-order chi connectivity index (χ0) is 21.9. The summed E-state index contributed by atoms with van der Waals surface area (Å²) in [6.45, 7) is 2.85. The van der Waals surface area contributed by atoms with Crippen LogP contribution >= 0.6 is 11.6 Å². The number of hydrogen-bond donors (Lipinski definition) is 1.